The molecule has 0 aliphatic heterocycles. The van der Waals surface area contributed by atoms with E-state index in [9.17, 15) is 13.2 Å². The fourth-order valence-electron chi connectivity index (χ4n) is 2.91. The van der Waals surface area contributed by atoms with Gasteiger partial charge in [-0.05, 0) is 55.0 Å². The molecule has 150 valence electrons. The van der Waals surface area contributed by atoms with Crippen molar-refractivity contribution in [3.63, 3.8) is 0 Å². The summed E-state index contributed by atoms with van der Waals surface area (Å²) in [6, 6.07) is 22.1. The van der Waals surface area contributed by atoms with E-state index in [1.165, 1.54) is 4.31 Å². The molecule has 7 heteroatoms. The van der Waals surface area contributed by atoms with Crippen molar-refractivity contribution in [1.82, 2.24) is 5.32 Å². The predicted molar refractivity (Wildman–Crippen MR) is 116 cm³/mol. The van der Waals surface area contributed by atoms with Crippen molar-refractivity contribution >= 4 is 33.2 Å². The van der Waals surface area contributed by atoms with Crippen LogP contribution in [0, 0.1) is 0 Å². The van der Waals surface area contributed by atoms with Gasteiger partial charge in [-0.3, -0.25) is 9.10 Å². The lowest BCUT2D eigenvalue weighted by molar-refractivity contribution is 0.0951. The van der Waals surface area contributed by atoms with Crippen LogP contribution in [0.2, 0.25) is 5.02 Å². The van der Waals surface area contributed by atoms with E-state index in [2.05, 4.69) is 5.32 Å². The fraction of sp³-hybridized carbons (Fsp3) is 0.136. The predicted octanol–water partition coefficient (Wildman–Crippen LogP) is 4.49. The van der Waals surface area contributed by atoms with E-state index in [4.69, 9.17) is 11.6 Å². The van der Waals surface area contributed by atoms with Gasteiger partial charge in [0.2, 0.25) is 0 Å². The number of amides is 1. The normalized spacial score (nSPS) is 11.1. The number of halogens is 1. The van der Waals surface area contributed by atoms with Crippen LogP contribution in [0.3, 0.4) is 0 Å². The Morgan fingerprint density at radius 1 is 0.931 bits per heavy atom. The quantitative estimate of drug-likeness (QED) is 0.603. The summed E-state index contributed by atoms with van der Waals surface area (Å²) in [5.74, 6) is -0.259. The summed E-state index contributed by atoms with van der Waals surface area (Å²) in [5, 5.41) is 3.41. The molecule has 0 bridgehead atoms. The summed E-state index contributed by atoms with van der Waals surface area (Å²) in [6.07, 6.45) is 0. The average molecular weight is 429 g/mol. The van der Waals surface area contributed by atoms with Crippen LogP contribution in [-0.2, 0) is 16.6 Å². The molecule has 0 aromatic heterocycles. The van der Waals surface area contributed by atoms with Crippen molar-refractivity contribution in [2.24, 2.45) is 0 Å². The van der Waals surface area contributed by atoms with Gasteiger partial charge in [-0.15, -0.1) is 0 Å². The van der Waals surface area contributed by atoms with Crippen LogP contribution in [0.4, 0.5) is 5.69 Å². The van der Waals surface area contributed by atoms with Crippen LogP contribution in [-0.4, -0.2) is 20.9 Å². The molecule has 0 radical (unpaired) electrons. The molecular weight excluding hydrogens is 408 g/mol. The molecule has 3 aromatic carbocycles. The van der Waals surface area contributed by atoms with E-state index in [1.807, 2.05) is 18.2 Å². The molecule has 1 amide bonds. The number of carbonyl (C=O) groups is 1. The van der Waals surface area contributed by atoms with Gasteiger partial charge in [0, 0.05) is 23.7 Å². The first-order valence-corrected chi connectivity index (χ1v) is 10.9. The molecule has 0 heterocycles. The molecule has 1 N–H and O–H groups in total. The highest BCUT2D eigenvalue weighted by Gasteiger charge is 2.23. The lowest BCUT2D eigenvalue weighted by atomic mass is 10.1. The molecule has 0 fully saturated rings. The zero-order valence-electron chi connectivity index (χ0n) is 15.9. The van der Waals surface area contributed by atoms with Gasteiger partial charge in [-0.1, -0.05) is 48.0 Å². The van der Waals surface area contributed by atoms with Gasteiger partial charge < -0.3 is 5.32 Å². The highest BCUT2D eigenvalue weighted by molar-refractivity contribution is 7.92. The van der Waals surface area contributed by atoms with E-state index in [0.717, 1.165) is 5.56 Å². The molecule has 5 nitrogen and oxygen atoms in total. The van der Waals surface area contributed by atoms with Crippen LogP contribution in [0.15, 0.2) is 83.8 Å². The van der Waals surface area contributed by atoms with E-state index >= 15 is 0 Å². The molecular formula is C22H21ClN2O3S. The van der Waals surface area contributed by atoms with Gasteiger partial charge in [0.1, 0.15) is 0 Å². The van der Waals surface area contributed by atoms with Gasteiger partial charge in [0.15, 0.2) is 0 Å². The van der Waals surface area contributed by atoms with Gasteiger partial charge in [-0.25, -0.2) is 8.42 Å². The van der Waals surface area contributed by atoms with Crippen molar-refractivity contribution in [3.05, 3.63) is 95.0 Å². The third-order valence-electron chi connectivity index (χ3n) is 4.43. The van der Waals surface area contributed by atoms with Gasteiger partial charge in [-0.2, -0.15) is 0 Å². The number of nitrogens with one attached hydrogen (secondary N) is 1. The second-order valence-corrected chi connectivity index (χ2v) is 8.57. The maximum Gasteiger partial charge on any atom is 0.264 e. The third-order valence-corrected chi connectivity index (χ3v) is 6.72. The molecule has 0 aliphatic rings. The Hall–Kier alpha value is -2.83. The van der Waals surface area contributed by atoms with Gasteiger partial charge >= 0.3 is 0 Å². The Morgan fingerprint density at radius 3 is 2.17 bits per heavy atom. The van der Waals surface area contributed by atoms with Crippen LogP contribution in [0.1, 0.15) is 22.8 Å². The Morgan fingerprint density at radius 2 is 1.55 bits per heavy atom. The summed E-state index contributed by atoms with van der Waals surface area (Å²) >= 11 is 6.10. The minimum Gasteiger partial charge on any atom is -0.348 e. The first-order valence-electron chi connectivity index (χ1n) is 9.13. The second-order valence-electron chi connectivity index (χ2n) is 6.30. The van der Waals surface area contributed by atoms with Crippen molar-refractivity contribution in [2.45, 2.75) is 18.4 Å². The lowest BCUT2D eigenvalue weighted by Gasteiger charge is -2.23. The van der Waals surface area contributed by atoms with E-state index in [1.54, 1.807) is 67.6 Å². The summed E-state index contributed by atoms with van der Waals surface area (Å²) in [7, 11) is -3.67. The summed E-state index contributed by atoms with van der Waals surface area (Å²) < 4.78 is 27.1. The third kappa shape index (κ3) is 4.78. The molecule has 0 aliphatic carbocycles. The molecule has 0 atom stereocenters. The molecule has 0 spiro atoms. The number of hydrogen-bond donors (Lipinski definition) is 1. The van der Waals surface area contributed by atoms with Crippen molar-refractivity contribution in [1.29, 1.82) is 0 Å². The van der Waals surface area contributed by atoms with Crippen LogP contribution in [0.5, 0.6) is 0 Å². The molecule has 3 rings (SSSR count). The van der Waals surface area contributed by atoms with Crippen molar-refractivity contribution in [2.75, 3.05) is 10.8 Å². The van der Waals surface area contributed by atoms with Gasteiger partial charge in [0.25, 0.3) is 15.9 Å². The Bertz CT molecular complexity index is 1080. The number of sulfonamides is 1. The Kier molecular flexibility index (Phi) is 6.56. The average Bonchev–Trinajstić information content (AvgIpc) is 2.74. The Balaban J connectivity index is 1.75. The highest BCUT2D eigenvalue weighted by atomic mass is 35.5. The first-order chi connectivity index (χ1) is 13.9. The number of benzene rings is 3. The molecule has 29 heavy (non-hydrogen) atoms. The minimum absolute atomic E-state index is 0.225. The largest absolute Gasteiger partial charge is 0.348 e. The molecule has 3 aromatic rings. The number of rotatable bonds is 7. The monoisotopic (exact) mass is 428 g/mol. The van der Waals surface area contributed by atoms with E-state index in [0.29, 0.717) is 22.8 Å². The summed E-state index contributed by atoms with van der Waals surface area (Å²) in [4.78, 5) is 12.6. The minimum atomic E-state index is -3.67. The smallest absolute Gasteiger partial charge is 0.264 e. The first kappa shape index (κ1) is 20.9. The van der Waals surface area contributed by atoms with Crippen LogP contribution in [0.25, 0.3) is 0 Å². The Labute approximate surface area is 176 Å². The zero-order valence-corrected chi connectivity index (χ0v) is 17.5. The standard InChI is InChI=1S/C22H21ClN2O3S/c1-2-25(29(27,28)20-9-4-3-5-10-20)19-14-12-17(13-15-19)22(26)24-16-18-8-6-7-11-21(18)23/h3-15H,2,16H2,1H3,(H,24,26). The number of carbonyl (C=O) groups excluding carboxylic acids is 1. The maximum atomic E-state index is 12.9. The van der Waals surface area contributed by atoms with Gasteiger partial charge in [0.05, 0.1) is 10.6 Å². The number of nitrogens with zero attached hydrogens (tertiary/aromatic N) is 1. The second kappa shape index (κ2) is 9.11. The zero-order chi connectivity index (χ0) is 20.9. The van der Waals surface area contributed by atoms with E-state index in [-0.39, 0.29) is 17.3 Å². The molecule has 0 saturated carbocycles. The topological polar surface area (TPSA) is 66.5 Å². The SMILES string of the molecule is CCN(c1ccc(C(=O)NCc2ccccc2Cl)cc1)S(=O)(=O)c1ccccc1. The number of hydrogen-bond acceptors (Lipinski definition) is 3. The lowest BCUT2D eigenvalue weighted by Crippen LogP contribution is -2.30. The van der Waals surface area contributed by atoms with Crippen molar-refractivity contribution in [3.8, 4) is 0 Å². The summed E-state index contributed by atoms with van der Waals surface area (Å²) in [6.45, 7) is 2.35. The number of anilines is 1. The van der Waals surface area contributed by atoms with Crippen LogP contribution < -0.4 is 9.62 Å². The molecule has 0 saturated heterocycles. The van der Waals surface area contributed by atoms with Crippen molar-refractivity contribution < 1.29 is 13.2 Å². The summed E-state index contributed by atoms with van der Waals surface area (Å²) in [5.41, 5.74) is 1.76. The maximum absolute atomic E-state index is 12.9. The van der Waals surface area contributed by atoms with Crippen LogP contribution >= 0.6 is 11.6 Å². The fourth-order valence-corrected chi connectivity index (χ4v) is 4.61. The highest BCUT2D eigenvalue weighted by Crippen LogP contribution is 2.24. The van der Waals surface area contributed by atoms with E-state index < -0.39 is 10.0 Å². The molecule has 0 unspecified atom stereocenters.